The summed E-state index contributed by atoms with van der Waals surface area (Å²) < 4.78 is 12.5. The van der Waals surface area contributed by atoms with Crippen LogP contribution in [0.1, 0.15) is 6.92 Å². The van der Waals surface area contributed by atoms with Crippen molar-refractivity contribution in [3.8, 4) is 0 Å². The number of rotatable bonds is 6. The summed E-state index contributed by atoms with van der Waals surface area (Å²) in [6.07, 6.45) is 3.07. The second kappa shape index (κ2) is 6.26. The lowest BCUT2D eigenvalue weighted by atomic mass is 10.5. The van der Waals surface area contributed by atoms with E-state index in [2.05, 4.69) is 10.4 Å². The molecular weight excluding hydrogens is 228 g/mol. The zero-order chi connectivity index (χ0) is 12.0. The number of nitrogen functional groups attached to an aromatic ring is 1. The molecular formula is C9H16N4O2S. The third-order valence-corrected chi connectivity index (χ3v) is 3.24. The lowest BCUT2D eigenvalue weighted by Gasteiger charge is -2.04. The molecule has 0 aliphatic carbocycles. The Labute approximate surface area is 96.7 Å². The van der Waals surface area contributed by atoms with E-state index in [4.69, 9.17) is 5.73 Å². The normalized spacial score (nSPS) is 12.3. The van der Waals surface area contributed by atoms with Crippen LogP contribution in [0.15, 0.2) is 12.4 Å². The fourth-order valence-electron chi connectivity index (χ4n) is 1.12. The van der Waals surface area contributed by atoms with Gasteiger partial charge in [-0.15, -0.1) is 0 Å². The number of hydrogen-bond acceptors (Lipinski definition) is 4. The van der Waals surface area contributed by atoms with Gasteiger partial charge in [0.05, 0.1) is 11.9 Å². The van der Waals surface area contributed by atoms with Gasteiger partial charge in [0.2, 0.25) is 5.91 Å². The van der Waals surface area contributed by atoms with Crippen molar-refractivity contribution >= 4 is 22.4 Å². The van der Waals surface area contributed by atoms with E-state index in [1.54, 1.807) is 6.20 Å². The van der Waals surface area contributed by atoms with Gasteiger partial charge in [-0.25, -0.2) is 0 Å². The summed E-state index contributed by atoms with van der Waals surface area (Å²) in [6.45, 7) is 2.41. The summed E-state index contributed by atoms with van der Waals surface area (Å²) in [6, 6.07) is 0. The molecule has 90 valence electrons. The number of nitrogens with zero attached hydrogens (tertiary/aromatic N) is 2. The summed E-state index contributed by atoms with van der Waals surface area (Å²) in [5.41, 5.74) is 5.98. The van der Waals surface area contributed by atoms with E-state index in [9.17, 15) is 9.00 Å². The predicted octanol–water partition coefficient (Wildman–Crippen LogP) is -0.650. The Morgan fingerprint density at radius 1 is 1.69 bits per heavy atom. The van der Waals surface area contributed by atoms with Crippen molar-refractivity contribution in [3.05, 3.63) is 12.4 Å². The smallest absolute Gasteiger partial charge is 0.241 e. The number of anilines is 1. The Hall–Kier alpha value is -1.37. The quantitative estimate of drug-likeness (QED) is 0.696. The molecule has 0 aliphatic heterocycles. The summed E-state index contributed by atoms with van der Waals surface area (Å²) in [5, 5.41) is 6.56. The maximum absolute atomic E-state index is 11.4. The molecule has 0 aromatic carbocycles. The fourth-order valence-corrected chi connectivity index (χ4v) is 1.74. The molecule has 3 N–H and O–H groups in total. The molecule has 1 atom stereocenters. The highest BCUT2D eigenvalue weighted by atomic mass is 32.2. The average molecular weight is 244 g/mol. The molecule has 0 radical (unpaired) electrons. The highest BCUT2D eigenvalue weighted by Gasteiger charge is 2.04. The molecule has 0 bridgehead atoms. The van der Waals surface area contributed by atoms with Gasteiger partial charge in [0.1, 0.15) is 6.54 Å². The minimum Gasteiger partial charge on any atom is -0.396 e. The summed E-state index contributed by atoms with van der Waals surface area (Å²) in [5.74, 6) is 0.950. The minimum absolute atomic E-state index is 0.135. The van der Waals surface area contributed by atoms with Crippen LogP contribution in [0.3, 0.4) is 0 Å². The largest absolute Gasteiger partial charge is 0.396 e. The van der Waals surface area contributed by atoms with Crippen LogP contribution in [0, 0.1) is 0 Å². The molecule has 1 aromatic rings. The molecule has 1 heterocycles. The first-order chi connectivity index (χ1) is 7.61. The lowest BCUT2D eigenvalue weighted by Crippen LogP contribution is -2.31. The first kappa shape index (κ1) is 12.7. The van der Waals surface area contributed by atoms with Crippen LogP contribution >= 0.6 is 0 Å². The number of carbonyl (C=O) groups is 1. The summed E-state index contributed by atoms with van der Waals surface area (Å²) in [7, 11) is -0.843. The predicted molar refractivity (Wildman–Crippen MR) is 63.2 cm³/mol. The van der Waals surface area contributed by atoms with E-state index in [-0.39, 0.29) is 12.5 Å². The maximum Gasteiger partial charge on any atom is 0.241 e. The van der Waals surface area contributed by atoms with Crippen LogP contribution in [0.2, 0.25) is 0 Å². The molecule has 0 saturated heterocycles. The van der Waals surface area contributed by atoms with E-state index in [1.165, 1.54) is 10.9 Å². The Balaban J connectivity index is 2.23. The van der Waals surface area contributed by atoms with Gasteiger partial charge in [-0.05, 0) is 0 Å². The van der Waals surface area contributed by atoms with E-state index >= 15 is 0 Å². The second-order valence-corrected chi connectivity index (χ2v) is 5.12. The summed E-state index contributed by atoms with van der Waals surface area (Å²) >= 11 is 0. The first-order valence-electron chi connectivity index (χ1n) is 5.01. The van der Waals surface area contributed by atoms with Gasteiger partial charge >= 0.3 is 0 Å². The van der Waals surface area contributed by atoms with Crippen LogP contribution in [0.25, 0.3) is 0 Å². The zero-order valence-corrected chi connectivity index (χ0v) is 10.00. The van der Waals surface area contributed by atoms with E-state index in [1.807, 2.05) is 6.92 Å². The van der Waals surface area contributed by atoms with Crippen LogP contribution in [-0.2, 0) is 22.1 Å². The molecule has 0 spiro atoms. The molecule has 1 aromatic heterocycles. The van der Waals surface area contributed by atoms with Crippen molar-refractivity contribution in [1.29, 1.82) is 0 Å². The van der Waals surface area contributed by atoms with Crippen LogP contribution in [0.4, 0.5) is 5.69 Å². The third-order valence-electron chi connectivity index (χ3n) is 1.93. The van der Waals surface area contributed by atoms with E-state index < -0.39 is 10.8 Å². The molecule has 0 aliphatic rings. The number of amides is 1. The number of nitrogens with two attached hydrogens (primary N) is 1. The molecule has 7 heteroatoms. The average Bonchev–Trinajstić information content (AvgIpc) is 2.63. The Bertz CT molecular complexity index is 377. The highest BCUT2D eigenvalue weighted by molar-refractivity contribution is 7.84. The van der Waals surface area contributed by atoms with E-state index in [0.29, 0.717) is 23.7 Å². The lowest BCUT2D eigenvalue weighted by molar-refractivity contribution is -0.121. The number of nitrogens with one attached hydrogen (secondary N) is 1. The Morgan fingerprint density at radius 3 is 3.00 bits per heavy atom. The van der Waals surface area contributed by atoms with Gasteiger partial charge < -0.3 is 11.1 Å². The van der Waals surface area contributed by atoms with Crippen molar-refractivity contribution in [2.24, 2.45) is 0 Å². The first-order valence-corrected chi connectivity index (χ1v) is 6.50. The standard InChI is InChI=1S/C9H16N4O2S/c1-2-16(15)4-3-11-9(14)7-13-6-8(10)5-12-13/h5-6H,2-4,7,10H2,1H3,(H,11,14). The highest BCUT2D eigenvalue weighted by Crippen LogP contribution is 1.96. The topological polar surface area (TPSA) is 90.0 Å². The number of carbonyl (C=O) groups excluding carboxylic acids is 1. The van der Waals surface area contributed by atoms with Gasteiger partial charge in [-0.3, -0.25) is 13.7 Å². The van der Waals surface area contributed by atoms with Crippen molar-refractivity contribution < 1.29 is 9.00 Å². The zero-order valence-electron chi connectivity index (χ0n) is 9.18. The molecule has 16 heavy (non-hydrogen) atoms. The molecule has 1 rings (SSSR count). The van der Waals surface area contributed by atoms with Crippen molar-refractivity contribution in [2.75, 3.05) is 23.8 Å². The van der Waals surface area contributed by atoms with Crippen LogP contribution < -0.4 is 11.1 Å². The van der Waals surface area contributed by atoms with Gasteiger partial charge in [-0.1, -0.05) is 6.92 Å². The molecule has 0 saturated carbocycles. The van der Waals surface area contributed by atoms with Crippen molar-refractivity contribution in [2.45, 2.75) is 13.5 Å². The van der Waals surface area contributed by atoms with Crippen molar-refractivity contribution in [3.63, 3.8) is 0 Å². The SMILES string of the molecule is CCS(=O)CCNC(=O)Cn1cc(N)cn1. The Morgan fingerprint density at radius 2 is 2.44 bits per heavy atom. The number of aromatic nitrogens is 2. The summed E-state index contributed by atoms with van der Waals surface area (Å²) in [4.78, 5) is 11.4. The van der Waals surface area contributed by atoms with Gasteiger partial charge in [0, 0.05) is 35.0 Å². The van der Waals surface area contributed by atoms with Gasteiger partial charge in [0.15, 0.2) is 0 Å². The fraction of sp³-hybridized carbons (Fsp3) is 0.556. The van der Waals surface area contributed by atoms with Crippen LogP contribution in [-0.4, -0.2) is 37.9 Å². The molecule has 0 fully saturated rings. The number of hydrogen-bond donors (Lipinski definition) is 2. The maximum atomic E-state index is 11.4. The minimum atomic E-state index is -0.843. The molecule has 1 amide bonds. The molecule has 1 unspecified atom stereocenters. The van der Waals surface area contributed by atoms with Crippen LogP contribution in [0.5, 0.6) is 0 Å². The van der Waals surface area contributed by atoms with E-state index in [0.717, 1.165) is 0 Å². The third kappa shape index (κ3) is 4.43. The van der Waals surface area contributed by atoms with Crippen molar-refractivity contribution in [1.82, 2.24) is 15.1 Å². The van der Waals surface area contributed by atoms with Gasteiger partial charge in [-0.2, -0.15) is 5.10 Å². The second-order valence-electron chi connectivity index (χ2n) is 3.25. The monoisotopic (exact) mass is 244 g/mol. The molecule has 6 nitrogen and oxygen atoms in total. The Kier molecular flexibility index (Phi) is 4.97. The van der Waals surface area contributed by atoms with Gasteiger partial charge in [0.25, 0.3) is 0 Å².